The summed E-state index contributed by atoms with van der Waals surface area (Å²) in [4.78, 5) is 19.9. The molecule has 52 valence electrons. The van der Waals surface area contributed by atoms with Crippen LogP contribution in [0.4, 0.5) is 0 Å². The Hall–Kier alpha value is -1.06. The normalized spacial score (nSPS) is 8.11. The van der Waals surface area contributed by atoms with Gasteiger partial charge in [0.25, 0.3) is 0 Å². The van der Waals surface area contributed by atoms with Crippen LogP contribution < -0.4 is 5.32 Å². The van der Waals surface area contributed by atoms with E-state index in [0.717, 1.165) is 0 Å². The molecular formula is C5H9NO3. The van der Waals surface area contributed by atoms with E-state index in [1.807, 2.05) is 0 Å². The number of hydrogen-bond donors (Lipinski definition) is 1. The minimum absolute atomic E-state index is 0.231. The van der Waals surface area contributed by atoms with Crippen LogP contribution in [0.3, 0.4) is 0 Å². The van der Waals surface area contributed by atoms with Crippen molar-refractivity contribution in [2.75, 3.05) is 13.7 Å². The molecule has 0 unspecified atom stereocenters. The number of nitrogens with one attached hydrogen (secondary N) is 1. The molecule has 9 heavy (non-hydrogen) atoms. The molecule has 1 amide bonds. The highest BCUT2D eigenvalue weighted by atomic mass is 16.5. The molecule has 0 saturated carbocycles. The van der Waals surface area contributed by atoms with E-state index in [9.17, 15) is 9.59 Å². The van der Waals surface area contributed by atoms with Gasteiger partial charge in [0.2, 0.25) is 6.41 Å². The summed E-state index contributed by atoms with van der Waals surface area (Å²) >= 11 is 0. The molecule has 0 aromatic rings. The number of carbonyl (C=O) groups excluding carboxylic acids is 2. The summed E-state index contributed by atoms with van der Waals surface area (Å²) in [6.07, 6.45) is 0.776. The number of carbonyl (C=O) groups is 2. The second-order valence-electron chi connectivity index (χ2n) is 1.40. The van der Waals surface area contributed by atoms with Crippen molar-refractivity contribution in [2.45, 2.75) is 6.42 Å². The zero-order valence-corrected chi connectivity index (χ0v) is 5.22. The van der Waals surface area contributed by atoms with Crippen LogP contribution in [-0.2, 0) is 14.3 Å². The van der Waals surface area contributed by atoms with E-state index in [4.69, 9.17) is 0 Å². The van der Waals surface area contributed by atoms with E-state index in [-0.39, 0.29) is 12.4 Å². The third-order valence-electron chi connectivity index (χ3n) is 0.784. The quantitative estimate of drug-likeness (QED) is 0.311. The molecule has 0 saturated heterocycles. The molecule has 0 rings (SSSR count). The minimum atomic E-state index is -0.315. The van der Waals surface area contributed by atoms with E-state index in [1.54, 1.807) is 0 Å². The Morgan fingerprint density at radius 1 is 1.78 bits per heavy atom. The molecule has 0 aliphatic heterocycles. The molecule has 0 radical (unpaired) electrons. The monoisotopic (exact) mass is 131 g/mol. The highest BCUT2D eigenvalue weighted by Gasteiger charge is 1.95. The fourth-order valence-electron chi connectivity index (χ4n) is 0.335. The summed E-state index contributed by atoms with van der Waals surface area (Å²) in [5.74, 6) is -0.315. The number of rotatable bonds is 4. The number of amides is 1. The first kappa shape index (κ1) is 7.94. The lowest BCUT2D eigenvalue weighted by molar-refractivity contribution is -0.140. The first-order chi connectivity index (χ1) is 4.31. The molecule has 0 fully saturated rings. The van der Waals surface area contributed by atoms with Gasteiger partial charge in [0, 0.05) is 6.54 Å². The standard InChI is InChI=1S/C5H9NO3/c1-9-5(8)2-3-6-4-7/h4H,2-3H2,1H3,(H,6,7). The van der Waals surface area contributed by atoms with Crippen molar-refractivity contribution in [1.82, 2.24) is 5.32 Å². The van der Waals surface area contributed by atoms with E-state index in [1.165, 1.54) is 7.11 Å². The lowest BCUT2D eigenvalue weighted by Gasteiger charge is -1.95. The van der Waals surface area contributed by atoms with Gasteiger partial charge in [-0.3, -0.25) is 9.59 Å². The summed E-state index contributed by atoms with van der Waals surface area (Å²) < 4.78 is 4.30. The Bertz CT molecular complexity index is 102. The molecule has 0 aromatic carbocycles. The largest absolute Gasteiger partial charge is 0.469 e. The Morgan fingerprint density at radius 3 is 2.89 bits per heavy atom. The van der Waals surface area contributed by atoms with E-state index < -0.39 is 0 Å². The summed E-state index contributed by atoms with van der Waals surface area (Å²) in [7, 11) is 1.31. The minimum Gasteiger partial charge on any atom is -0.469 e. The third kappa shape index (κ3) is 4.80. The maximum atomic E-state index is 10.3. The molecule has 0 spiro atoms. The maximum Gasteiger partial charge on any atom is 0.307 e. The van der Waals surface area contributed by atoms with Crippen LogP contribution in [0, 0.1) is 0 Å². The van der Waals surface area contributed by atoms with E-state index in [0.29, 0.717) is 13.0 Å². The summed E-state index contributed by atoms with van der Waals surface area (Å²) in [5, 5.41) is 2.33. The smallest absolute Gasteiger partial charge is 0.307 e. The van der Waals surface area contributed by atoms with Gasteiger partial charge >= 0.3 is 5.97 Å². The van der Waals surface area contributed by atoms with Crippen molar-refractivity contribution in [3.05, 3.63) is 0 Å². The number of hydrogen-bond acceptors (Lipinski definition) is 3. The maximum absolute atomic E-state index is 10.3. The first-order valence-electron chi connectivity index (χ1n) is 2.55. The topological polar surface area (TPSA) is 55.4 Å². The van der Waals surface area contributed by atoms with Crippen molar-refractivity contribution >= 4 is 12.4 Å². The van der Waals surface area contributed by atoms with Crippen LogP contribution in [0.25, 0.3) is 0 Å². The van der Waals surface area contributed by atoms with Crippen LogP contribution in [-0.4, -0.2) is 26.0 Å². The van der Waals surface area contributed by atoms with Gasteiger partial charge in [-0.1, -0.05) is 0 Å². The van der Waals surface area contributed by atoms with E-state index in [2.05, 4.69) is 10.1 Å². The zero-order valence-electron chi connectivity index (χ0n) is 5.22. The van der Waals surface area contributed by atoms with Crippen LogP contribution in [0.15, 0.2) is 0 Å². The second kappa shape index (κ2) is 5.08. The highest BCUT2D eigenvalue weighted by Crippen LogP contribution is 1.78. The fourth-order valence-corrected chi connectivity index (χ4v) is 0.335. The van der Waals surface area contributed by atoms with Crippen LogP contribution in [0.2, 0.25) is 0 Å². The van der Waals surface area contributed by atoms with Crippen molar-refractivity contribution in [3.8, 4) is 0 Å². The van der Waals surface area contributed by atoms with Gasteiger partial charge in [0.1, 0.15) is 0 Å². The average Bonchev–Trinajstić information content (AvgIpc) is 1.89. The molecule has 0 heterocycles. The summed E-state index contributed by atoms with van der Waals surface area (Å²) in [6, 6.07) is 0. The van der Waals surface area contributed by atoms with Crippen LogP contribution in [0.1, 0.15) is 6.42 Å². The molecule has 0 atom stereocenters. The van der Waals surface area contributed by atoms with Gasteiger partial charge in [-0.15, -0.1) is 0 Å². The fraction of sp³-hybridized carbons (Fsp3) is 0.600. The first-order valence-corrected chi connectivity index (χ1v) is 2.55. The molecule has 4 nitrogen and oxygen atoms in total. The van der Waals surface area contributed by atoms with E-state index >= 15 is 0 Å². The Labute approximate surface area is 53.2 Å². The van der Waals surface area contributed by atoms with Gasteiger partial charge in [-0.2, -0.15) is 0 Å². The number of ether oxygens (including phenoxy) is 1. The average molecular weight is 131 g/mol. The van der Waals surface area contributed by atoms with Crippen molar-refractivity contribution in [1.29, 1.82) is 0 Å². The lowest BCUT2D eigenvalue weighted by Crippen LogP contribution is -2.16. The summed E-state index contributed by atoms with van der Waals surface area (Å²) in [5.41, 5.74) is 0. The Kier molecular flexibility index (Phi) is 4.49. The molecule has 0 aromatic heterocycles. The molecule has 0 aliphatic carbocycles. The predicted octanol–water partition coefficient (Wildman–Crippen LogP) is -0.705. The van der Waals surface area contributed by atoms with Crippen molar-refractivity contribution in [3.63, 3.8) is 0 Å². The van der Waals surface area contributed by atoms with Crippen LogP contribution in [0.5, 0.6) is 0 Å². The molecule has 4 heteroatoms. The third-order valence-corrected chi connectivity index (χ3v) is 0.784. The van der Waals surface area contributed by atoms with Crippen molar-refractivity contribution in [2.24, 2.45) is 0 Å². The Balaban J connectivity index is 3.06. The highest BCUT2D eigenvalue weighted by molar-refractivity contribution is 5.69. The number of esters is 1. The Morgan fingerprint density at radius 2 is 2.44 bits per heavy atom. The number of methoxy groups -OCH3 is 1. The molecular weight excluding hydrogens is 122 g/mol. The van der Waals surface area contributed by atoms with Gasteiger partial charge in [-0.05, 0) is 0 Å². The molecule has 0 aliphatic rings. The van der Waals surface area contributed by atoms with Gasteiger partial charge in [0.05, 0.1) is 13.5 Å². The van der Waals surface area contributed by atoms with Gasteiger partial charge < -0.3 is 10.1 Å². The summed E-state index contributed by atoms with van der Waals surface area (Å²) in [6.45, 7) is 0.343. The van der Waals surface area contributed by atoms with Crippen LogP contribution >= 0.6 is 0 Å². The lowest BCUT2D eigenvalue weighted by atomic mass is 10.4. The second-order valence-corrected chi connectivity index (χ2v) is 1.40. The molecule has 1 N–H and O–H groups in total. The molecule has 0 bridgehead atoms. The van der Waals surface area contributed by atoms with Crippen molar-refractivity contribution < 1.29 is 14.3 Å². The zero-order chi connectivity index (χ0) is 7.11. The SMILES string of the molecule is COC(=O)CCNC=O. The predicted molar refractivity (Wildman–Crippen MR) is 30.7 cm³/mol. The van der Waals surface area contributed by atoms with Gasteiger partial charge in [0.15, 0.2) is 0 Å². The van der Waals surface area contributed by atoms with Gasteiger partial charge in [-0.25, -0.2) is 0 Å².